The van der Waals surface area contributed by atoms with Crippen LogP contribution < -0.4 is 15.5 Å². The summed E-state index contributed by atoms with van der Waals surface area (Å²) in [6.07, 6.45) is 0. The van der Waals surface area contributed by atoms with Crippen LogP contribution in [-0.2, 0) is 9.47 Å². The third kappa shape index (κ3) is 5.58. The molecule has 0 spiro atoms. The van der Waals surface area contributed by atoms with Crippen molar-refractivity contribution in [3.8, 4) is 0 Å². The van der Waals surface area contributed by atoms with Crippen molar-refractivity contribution in [2.24, 2.45) is 0 Å². The lowest BCUT2D eigenvalue weighted by molar-refractivity contribution is -0.384. The molecule has 150 valence electrons. The SMILES string of the molecule is Nc1ccc(N2CCOCC2)cc1.O=[N+]([O-])c1ccc(N2CCOCC2)cc1. The maximum atomic E-state index is 10.5. The number of hydrogen-bond acceptors (Lipinski definition) is 7. The Morgan fingerprint density at radius 1 is 0.750 bits per heavy atom. The van der Waals surface area contributed by atoms with E-state index in [1.165, 1.54) is 17.8 Å². The number of morpholine rings is 2. The third-order valence-electron chi connectivity index (χ3n) is 4.71. The number of hydrogen-bond donors (Lipinski definition) is 1. The Bertz CT molecular complexity index is 740. The lowest BCUT2D eigenvalue weighted by atomic mass is 10.2. The smallest absolute Gasteiger partial charge is 0.269 e. The minimum Gasteiger partial charge on any atom is -0.399 e. The van der Waals surface area contributed by atoms with E-state index >= 15 is 0 Å². The summed E-state index contributed by atoms with van der Waals surface area (Å²) in [6, 6.07) is 14.6. The van der Waals surface area contributed by atoms with Gasteiger partial charge in [-0.3, -0.25) is 10.1 Å². The third-order valence-corrected chi connectivity index (χ3v) is 4.71. The average molecular weight is 386 g/mol. The molecule has 4 rings (SSSR count). The van der Waals surface area contributed by atoms with Gasteiger partial charge in [-0.15, -0.1) is 0 Å². The summed E-state index contributed by atoms with van der Waals surface area (Å²) in [6.45, 7) is 6.73. The molecule has 0 aliphatic carbocycles. The molecular formula is C20H26N4O4. The molecule has 8 heteroatoms. The second-order valence-electron chi connectivity index (χ2n) is 6.56. The summed E-state index contributed by atoms with van der Waals surface area (Å²) in [5.41, 5.74) is 8.81. The maximum Gasteiger partial charge on any atom is 0.269 e. The number of non-ortho nitro benzene ring substituents is 1. The number of benzene rings is 2. The number of nitrogen functional groups attached to an aromatic ring is 1. The summed E-state index contributed by atoms with van der Waals surface area (Å²) in [4.78, 5) is 14.5. The van der Waals surface area contributed by atoms with Crippen LogP contribution in [0.4, 0.5) is 22.7 Å². The van der Waals surface area contributed by atoms with E-state index in [0.717, 1.165) is 64.0 Å². The Morgan fingerprint density at radius 3 is 1.54 bits per heavy atom. The second kappa shape index (κ2) is 9.91. The van der Waals surface area contributed by atoms with Gasteiger partial charge < -0.3 is 25.0 Å². The van der Waals surface area contributed by atoms with E-state index in [-0.39, 0.29) is 10.6 Å². The monoisotopic (exact) mass is 386 g/mol. The molecule has 0 saturated carbocycles. The van der Waals surface area contributed by atoms with E-state index in [0.29, 0.717) is 0 Å². The fourth-order valence-electron chi connectivity index (χ4n) is 3.11. The highest BCUT2D eigenvalue weighted by atomic mass is 16.6. The fraction of sp³-hybridized carbons (Fsp3) is 0.400. The van der Waals surface area contributed by atoms with Gasteiger partial charge in [0.2, 0.25) is 0 Å². The van der Waals surface area contributed by atoms with Gasteiger partial charge in [0.15, 0.2) is 0 Å². The summed E-state index contributed by atoms with van der Waals surface area (Å²) >= 11 is 0. The predicted molar refractivity (Wildman–Crippen MR) is 110 cm³/mol. The lowest BCUT2D eigenvalue weighted by Crippen LogP contribution is -2.36. The van der Waals surface area contributed by atoms with Crippen molar-refractivity contribution in [2.75, 3.05) is 68.1 Å². The zero-order valence-electron chi connectivity index (χ0n) is 15.8. The van der Waals surface area contributed by atoms with Gasteiger partial charge in [-0.1, -0.05) is 0 Å². The number of nitrogens with two attached hydrogens (primary N) is 1. The molecule has 2 heterocycles. The molecule has 2 aromatic rings. The van der Waals surface area contributed by atoms with Gasteiger partial charge in [0.25, 0.3) is 5.69 Å². The van der Waals surface area contributed by atoms with Crippen LogP contribution in [0, 0.1) is 10.1 Å². The van der Waals surface area contributed by atoms with Crippen LogP contribution >= 0.6 is 0 Å². The molecule has 8 nitrogen and oxygen atoms in total. The van der Waals surface area contributed by atoms with Crippen molar-refractivity contribution in [1.29, 1.82) is 0 Å². The number of rotatable bonds is 3. The number of nitro benzene ring substituents is 1. The first-order valence-electron chi connectivity index (χ1n) is 9.39. The highest BCUT2D eigenvalue weighted by Crippen LogP contribution is 2.20. The van der Waals surface area contributed by atoms with E-state index in [9.17, 15) is 10.1 Å². The summed E-state index contributed by atoms with van der Waals surface area (Å²) in [5.74, 6) is 0. The number of ether oxygens (including phenoxy) is 2. The Hall–Kier alpha value is -2.84. The predicted octanol–water partition coefficient (Wildman–Crippen LogP) is 2.54. The van der Waals surface area contributed by atoms with E-state index in [1.54, 1.807) is 12.1 Å². The Kier molecular flexibility index (Phi) is 7.05. The topological polar surface area (TPSA) is 94.1 Å². The maximum absolute atomic E-state index is 10.5. The standard InChI is InChI=1S/C10H12N2O3.C10H14N2O/c13-12(14)10-3-1-9(2-4-10)11-5-7-15-8-6-11;11-9-1-3-10(4-2-9)12-5-7-13-8-6-12/h1-4H,5-8H2;1-4H,5-8,11H2. The highest BCUT2D eigenvalue weighted by molar-refractivity contribution is 5.53. The zero-order valence-corrected chi connectivity index (χ0v) is 15.8. The van der Waals surface area contributed by atoms with Gasteiger partial charge in [-0.25, -0.2) is 0 Å². The molecule has 0 amide bonds. The Labute approximate surface area is 164 Å². The van der Waals surface area contributed by atoms with Crippen molar-refractivity contribution >= 4 is 22.7 Å². The molecule has 0 aromatic heterocycles. The molecule has 2 aliphatic rings. The molecule has 0 bridgehead atoms. The molecule has 28 heavy (non-hydrogen) atoms. The highest BCUT2D eigenvalue weighted by Gasteiger charge is 2.12. The number of nitro groups is 1. The molecule has 0 atom stereocenters. The lowest BCUT2D eigenvalue weighted by Gasteiger charge is -2.28. The van der Waals surface area contributed by atoms with Crippen molar-refractivity contribution in [1.82, 2.24) is 0 Å². The van der Waals surface area contributed by atoms with Crippen molar-refractivity contribution in [2.45, 2.75) is 0 Å². The normalized spacial score (nSPS) is 16.9. The number of anilines is 3. The van der Waals surface area contributed by atoms with Crippen LogP contribution in [0.25, 0.3) is 0 Å². The molecule has 0 radical (unpaired) electrons. The Morgan fingerprint density at radius 2 is 1.14 bits per heavy atom. The largest absolute Gasteiger partial charge is 0.399 e. The van der Waals surface area contributed by atoms with Crippen LogP contribution in [0.3, 0.4) is 0 Å². The van der Waals surface area contributed by atoms with E-state index in [1.807, 2.05) is 12.1 Å². The van der Waals surface area contributed by atoms with E-state index in [2.05, 4.69) is 21.9 Å². The van der Waals surface area contributed by atoms with Crippen LogP contribution in [0.5, 0.6) is 0 Å². The van der Waals surface area contributed by atoms with Crippen LogP contribution in [0.1, 0.15) is 0 Å². The van der Waals surface area contributed by atoms with Crippen molar-refractivity contribution in [3.05, 3.63) is 58.6 Å². The van der Waals surface area contributed by atoms with Gasteiger partial charge in [0.05, 0.1) is 31.4 Å². The minimum atomic E-state index is -0.386. The fourth-order valence-corrected chi connectivity index (χ4v) is 3.11. The zero-order chi connectivity index (χ0) is 19.8. The van der Waals surface area contributed by atoms with Gasteiger partial charge in [-0.2, -0.15) is 0 Å². The Balaban J connectivity index is 0.000000162. The summed E-state index contributed by atoms with van der Waals surface area (Å²) in [5, 5.41) is 10.5. The molecule has 2 aromatic carbocycles. The van der Waals surface area contributed by atoms with Gasteiger partial charge >= 0.3 is 0 Å². The van der Waals surface area contributed by atoms with Crippen LogP contribution in [0.15, 0.2) is 48.5 Å². The van der Waals surface area contributed by atoms with Crippen molar-refractivity contribution < 1.29 is 14.4 Å². The van der Waals surface area contributed by atoms with Crippen LogP contribution in [0.2, 0.25) is 0 Å². The van der Waals surface area contributed by atoms with Gasteiger partial charge in [-0.05, 0) is 36.4 Å². The number of nitrogens with zero attached hydrogens (tertiary/aromatic N) is 3. The molecule has 2 fully saturated rings. The molecule has 2 N–H and O–H groups in total. The first kappa shape index (κ1) is 19.9. The molecule has 0 unspecified atom stereocenters. The second-order valence-corrected chi connectivity index (χ2v) is 6.56. The van der Waals surface area contributed by atoms with E-state index < -0.39 is 0 Å². The van der Waals surface area contributed by atoms with E-state index in [4.69, 9.17) is 15.2 Å². The molecule has 2 saturated heterocycles. The molecular weight excluding hydrogens is 360 g/mol. The first-order chi connectivity index (χ1) is 13.6. The average Bonchev–Trinajstić information content (AvgIpc) is 2.76. The quantitative estimate of drug-likeness (QED) is 0.492. The van der Waals surface area contributed by atoms with Crippen LogP contribution in [-0.4, -0.2) is 57.5 Å². The molecule has 2 aliphatic heterocycles. The first-order valence-corrected chi connectivity index (χ1v) is 9.39. The summed E-state index contributed by atoms with van der Waals surface area (Å²) < 4.78 is 10.5. The van der Waals surface area contributed by atoms with Gasteiger partial charge in [0.1, 0.15) is 0 Å². The minimum absolute atomic E-state index is 0.131. The van der Waals surface area contributed by atoms with Gasteiger partial charge in [0, 0.05) is 55.4 Å². The van der Waals surface area contributed by atoms with Crippen molar-refractivity contribution in [3.63, 3.8) is 0 Å². The summed E-state index contributed by atoms with van der Waals surface area (Å²) in [7, 11) is 0.